The molecule has 0 radical (unpaired) electrons. The van der Waals surface area contributed by atoms with Crippen molar-refractivity contribution in [1.82, 2.24) is 14.6 Å². The van der Waals surface area contributed by atoms with Gasteiger partial charge in [0.05, 0.1) is 18.4 Å². The van der Waals surface area contributed by atoms with Crippen molar-refractivity contribution >= 4 is 23.4 Å². The fraction of sp³-hybridized carbons (Fsp3) is 0.429. The molecule has 8 heteroatoms. The van der Waals surface area contributed by atoms with Crippen LogP contribution in [0.5, 0.6) is 0 Å². The molecule has 0 unspecified atom stereocenters. The highest BCUT2D eigenvalue weighted by Crippen LogP contribution is 2.20. The number of carbonyl (C=O) groups is 2. The van der Waals surface area contributed by atoms with Crippen LogP contribution in [0.3, 0.4) is 0 Å². The van der Waals surface area contributed by atoms with Gasteiger partial charge in [-0.25, -0.2) is 9.59 Å². The number of carbonyl (C=O) groups excluding carboxylic acids is 2. The smallest absolute Gasteiger partial charge is 0.412 e. The molecule has 0 atom stereocenters. The Labute approximate surface area is 127 Å². The average Bonchev–Trinajstić information content (AvgIpc) is 2.77. The molecule has 0 saturated heterocycles. The van der Waals surface area contributed by atoms with Crippen LogP contribution in [0.2, 0.25) is 0 Å². The first kappa shape index (κ1) is 15.7. The number of esters is 1. The normalized spacial score (nSPS) is 11.3. The van der Waals surface area contributed by atoms with Crippen molar-refractivity contribution in [3.8, 4) is 0 Å². The van der Waals surface area contributed by atoms with Gasteiger partial charge >= 0.3 is 12.1 Å². The average molecular weight is 306 g/mol. The first-order valence-electron chi connectivity index (χ1n) is 6.65. The number of rotatable bonds is 2. The Bertz CT molecular complexity index is 730. The van der Waals surface area contributed by atoms with Crippen molar-refractivity contribution in [1.29, 1.82) is 0 Å². The molecule has 118 valence electrons. The van der Waals surface area contributed by atoms with Crippen molar-refractivity contribution in [2.75, 3.05) is 12.4 Å². The molecule has 0 aromatic carbocycles. The summed E-state index contributed by atoms with van der Waals surface area (Å²) in [5.41, 5.74) is 0.363. The largest absolute Gasteiger partial charge is 0.465 e. The second-order valence-corrected chi connectivity index (χ2v) is 5.70. The minimum atomic E-state index is -0.642. The van der Waals surface area contributed by atoms with Crippen LogP contribution < -0.4 is 5.32 Å². The van der Waals surface area contributed by atoms with E-state index in [9.17, 15) is 9.59 Å². The number of nitrogens with zero attached hydrogens (tertiary/aromatic N) is 3. The molecular formula is C14H18N4O4. The van der Waals surface area contributed by atoms with E-state index >= 15 is 0 Å². The molecule has 0 aliphatic carbocycles. The summed E-state index contributed by atoms with van der Waals surface area (Å²) in [5.74, 6) is 0.0511. The first-order valence-corrected chi connectivity index (χ1v) is 6.65. The van der Waals surface area contributed by atoms with Gasteiger partial charge in [0.25, 0.3) is 0 Å². The van der Waals surface area contributed by atoms with Gasteiger partial charge in [0.2, 0.25) is 0 Å². The first-order chi connectivity index (χ1) is 10.2. The molecule has 22 heavy (non-hydrogen) atoms. The van der Waals surface area contributed by atoms with Gasteiger partial charge in [-0.2, -0.15) is 0 Å². The van der Waals surface area contributed by atoms with Crippen LogP contribution in [0, 0.1) is 6.92 Å². The molecule has 1 N–H and O–H groups in total. The Morgan fingerprint density at radius 2 is 1.95 bits per heavy atom. The van der Waals surface area contributed by atoms with E-state index in [0.717, 1.165) is 0 Å². The van der Waals surface area contributed by atoms with E-state index < -0.39 is 17.7 Å². The van der Waals surface area contributed by atoms with E-state index in [1.807, 2.05) is 0 Å². The predicted molar refractivity (Wildman–Crippen MR) is 78.9 cm³/mol. The van der Waals surface area contributed by atoms with E-state index in [-0.39, 0.29) is 5.56 Å². The van der Waals surface area contributed by atoms with Crippen molar-refractivity contribution in [3.63, 3.8) is 0 Å². The van der Waals surface area contributed by atoms with E-state index in [2.05, 4.69) is 15.5 Å². The zero-order valence-electron chi connectivity index (χ0n) is 13.1. The van der Waals surface area contributed by atoms with E-state index in [1.165, 1.54) is 13.2 Å². The standard InChI is InChI=1S/C14H18N4O4/c1-8-16-17-11-10(15-13(20)22-14(2,3)4)6-9(7-18(8)11)12(19)21-5/h6-7H,1-5H3,(H,15,20). The molecule has 0 bridgehead atoms. The molecule has 0 saturated carbocycles. The van der Waals surface area contributed by atoms with Gasteiger partial charge in [-0.1, -0.05) is 0 Å². The number of anilines is 1. The van der Waals surface area contributed by atoms with Crippen LogP contribution in [0.25, 0.3) is 5.65 Å². The Morgan fingerprint density at radius 1 is 1.27 bits per heavy atom. The Morgan fingerprint density at radius 3 is 2.55 bits per heavy atom. The summed E-state index contributed by atoms with van der Waals surface area (Å²) in [5, 5.41) is 10.5. The second kappa shape index (κ2) is 5.63. The summed E-state index contributed by atoms with van der Waals surface area (Å²) >= 11 is 0. The molecule has 2 aromatic heterocycles. The van der Waals surface area contributed by atoms with Gasteiger partial charge < -0.3 is 9.47 Å². The Balaban J connectivity index is 2.43. The second-order valence-electron chi connectivity index (χ2n) is 5.70. The zero-order valence-corrected chi connectivity index (χ0v) is 13.1. The molecule has 0 aliphatic heterocycles. The number of aromatic nitrogens is 3. The van der Waals surface area contributed by atoms with Crippen LogP contribution in [0.1, 0.15) is 37.0 Å². The molecule has 0 fully saturated rings. The SMILES string of the molecule is COC(=O)c1cc(NC(=O)OC(C)(C)C)c2nnc(C)n2c1. The van der Waals surface area contributed by atoms with Crippen LogP contribution in [-0.2, 0) is 9.47 Å². The molecule has 2 aromatic rings. The molecule has 8 nitrogen and oxygen atoms in total. The molecule has 0 spiro atoms. The van der Waals surface area contributed by atoms with Crippen molar-refractivity contribution in [3.05, 3.63) is 23.7 Å². The van der Waals surface area contributed by atoms with Gasteiger partial charge in [-0.3, -0.25) is 9.72 Å². The summed E-state index contributed by atoms with van der Waals surface area (Å²) in [4.78, 5) is 23.7. The number of fused-ring (bicyclic) bond motifs is 1. The third-order valence-electron chi connectivity index (χ3n) is 2.73. The number of ether oxygens (including phenoxy) is 2. The van der Waals surface area contributed by atoms with Gasteiger partial charge in [0.1, 0.15) is 11.4 Å². The minimum absolute atomic E-state index is 0.268. The van der Waals surface area contributed by atoms with Crippen LogP contribution in [0.15, 0.2) is 12.3 Å². The third kappa shape index (κ3) is 3.33. The van der Waals surface area contributed by atoms with E-state index in [0.29, 0.717) is 17.2 Å². The van der Waals surface area contributed by atoms with Crippen molar-refractivity contribution in [2.24, 2.45) is 0 Å². The summed E-state index contributed by atoms with van der Waals surface area (Å²) in [6.07, 6.45) is 0.911. The Hall–Kier alpha value is -2.64. The fourth-order valence-corrected chi connectivity index (χ4v) is 1.84. The molecule has 2 heterocycles. The number of hydrogen-bond donors (Lipinski definition) is 1. The quantitative estimate of drug-likeness (QED) is 0.854. The Kier molecular flexibility index (Phi) is 4.03. The predicted octanol–water partition coefficient (Wildman–Crippen LogP) is 2.17. The lowest BCUT2D eigenvalue weighted by Gasteiger charge is -2.19. The van der Waals surface area contributed by atoms with E-state index in [4.69, 9.17) is 9.47 Å². The summed E-state index contributed by atoms with van der Waals surface area (Å²) in [7, 11) is 1.28. The van der Waals surface area contributed by atoms with Crippen LogP contribution >= 0.6 is 0 Å². The molecule has 0 aliphatic rings. The highest BCUT2D eigenvalue weighted by atomic mass is 16.6. The maximum Gasteiger partial charge on any atom is 0.412 e. The van der Waals surface area contributed by atoms with Gasteiger partial charge in [-0.05, 0) is 33.8 Å². The molecule has 2 rings (SSSR count). The highest BCUT2D eigenvalue weighted by Gasteiger charge is 2.19. The number of pyridine rings is 1. The van der Waals surface area contributed by atoms with Gasteiger partial charge in [0.15, 0.2) is 5.65 Å². The number of nitrogens with one attached hydrogen (secondary N) is 1. The summed E-state index contributed by atoms with van der Waals surface area (Å²) in [6.45, 7) is 7.01. The van der Waals surface area contributed by atoms with E-state index in [1.54, 1.807) is 38.3 Å². The summed E-state index contributed by atoms with van der Waals surface area (Å²) in [6, 6.07) is 1.47. The highest BCUT2D eigenvalue weighted by molar-refractivity contribution is 5.95. The van der Waals surface area contributed by atoms with Crippen LogP contribution in [0.4, 0.5) is 10.5 Å². The number of hydrogen-bond acceptors (Lipinski definition) is 6. The minimum Gasteiger partial charge on any atom is -0.465 e. The monoisotopic (exact) mass is 306 g/mol. The van der Waals surface area contributed by atoms with Gasteiger partial charge in [-0.15, -0.1) is 10.2 Å². The lowest BCUT2D eigenvalue weighted by Crippen LogP contribution is -2.27. The zero-order chi connectivity index (χ0) is 16.5. The number of methoxy groups -OCH3 is 1. The van der Waals surface area contributed by atoms with Crippen LogP contribution in [-0.4, -0.2) is 39.4 Å². The maximum atomic E-state index is 11.9. The fourth-order valence-electron chi connectivity index (χ4n) is 1.84. The topological polar surface area (TPSA) is 94.8 Å². The third-order valence-corrected chi connectivity index (χ3v) is 2.73. The molecule has 1 amide bonds. The van der Waals surface area contributed by atoms with Crippen molar-refractivity contribution in [2.45, 2.75) is 33.3 Å². The lowest BCUT2D eigenvalue weighted by molar-refractivity contribution is 0.0595. The lowest BCUT2D eigenvalue weighted by atomic mass is 10.2. The summed E-state index contributed by atoms with van der Waals surface area (Å²) < 4.78 is 11.5. The van der Waals surface area contributed by atoms with Crippen molar-refractivity contribution < 1.29 is 19.1 Å². The molecular weight excluding hydrogens is 288 g/mol. The van der Waals surface area contributed by atoms with Gasteiger partial charge in [0, 0.05) is 6.20 Å². The number of aryl methyl sites for hydroxylation is 1. The number of amides is 1. The maximum absolute atomic E-state index is 11.9.